The maximum atomic E-state index is 13.5. The van der Waals surface area contributed by atoms with Crippen LogP contribution >= 0.6 is 11.6 Å². The van der Waals surface area contributed by atoms with Gasteiger partial charge < -0.3 is 5.11 Å². The molecule has 7 heteroatoms. The van der Waals surface area contributed by atoms with Crippen LogP contribution in [0.2, 0.25) is 5.02 Å². The van der Waals surface area contributed by atoms with Crippen molar-refractivity contribution in [1.29, 1.82) is 0 Å². The number of benzene rings is 1. The zero-order valence-electron chi connectivity index (χ0n) is 11.5. The molecule has 1 rings (SSSR count). The summed E-state index contributed by atoms with van der Waals surface area (Å²) in [5.74, 6) is -0.366. The van der Waals surface area contributed by atoms with Crippen molar-refractivity contribution in [3.8, 4) is 0 Å². The van der Waals surface area contributed by atoms with Crippen molar-refractivity contribution in [3.05, 3.63) is 28.5 Å². The van der Waals surface area contributed by atoms with E-state index in [-0.39, 0.29) is 15.5 Å². The van der Waals surface area contributed by atoms with E-state index in [9.17, 15) is 12.8 Å². The number of rotatable bonds is 7. The Morgan fingerprint density at radius 1 is 1.40 bits per heavy atom. The van der Waals surface area contributed by atoms with E-state index in [2.05, 4.69) is 18.6 Å². The van der Waals surface area contributed by atoms with Gasteiger partial charge in [0.1, 0.15) is 5.82 Å². The average molecular weight is 324 g/mol. The van der Waals surface area contributed by atoms with Crippen molar-refractivity contribution < 1.29 is 17.9 Å². The topological polar surface area (TPSA) is 66.4 Å². The van der Waals surface area contributed by atoms with Gasteiger partial charge in [-0.15, -0.1) is 0 Å². The van der Waals surface area contributed by atoms with Crippen LogP contribution in [0.5, 0.6) is 0 Å². The van der Waals surface area contributed by atoms with Gasteiger partial charge in [-0.1, -0.05) is 25.4 Å². The normalized spacial score (nSPS) is 12.1. The van der Waals surface area contributed by atoms with Gasteiger partial charge in [0.05, 0.1) is 16.5 Å². The number of halogens is 2. The molecule has 0 radical (unpaired) electrons. The number of aliphatic hydroxyl groups excluding tert-OH is 1. The van der Waals surface area contributed by atoms with E-state index < -0.39 is 22.4 Å². The lowest BCUT2D eigenvalue weighted by molar-refractivity contribution is 0.281. The van der Waals surface area contributed by atoms with Crippen LogP contribution in [0.15, 0.2) is 17.0 Å². The molecule has 0 fully saturated rings. The molecule has 0 saturated carbocycles. The summed E-state index contributed by atoms with van der Waals surface area (Å²) in [6, 6.07) is 2.03. The first-order valence-electron chi connectivity index (χ1n) is 6.36. The number of nitrogens with one attached hydrogen (secondary N) is 1. The minimum absolute atomic E-state index is 0.0502. The highest BCUT2D eigenvalue weighted by molar-refractivity contribution is 7.89. The van der Waals surface area contributed by atoms with Crippen LogP contribution in [-0.2, 0) is 16.6 Å². The lowest BCUT2D eigenvalue weighted by Gasteiger charge is -2.10. The number of hydrogen-bond acceptors (Lipinski definition) is 3. The van der Waals surface area contributed by atoms with Gasteiger partial charge in [-0.2, -0.15) is 0 Å². The Labute approximate surface area is 124 Å². The highest BCUT2D eigenvalue weighted by Crippen LogP contribution is 2.24. The number of aliphatic hydroxyl groups is 1. The quantitative estimate of drug-likeness (QED) is 0.758. The fourth-order valence-corrected chi connectivity index (χ4v) is 2.99. The summed E-state index contributed by atoms with van der Waals surface area (Å²) in [6.45, 7) is 3.87. The molecule has 0 aromatic heterocycles. The van der Waals surface area contributed by atoms with Crippen molar-refractivity contribution in [2.24, 2.45) is 5.92 Å². The SMILES string of the molecule is CC(C)CCCNS(=O)(=O)c1cc(F)c(Cl)c(CO)c1. The monoisotopic (exact) mass is 323 g/mol. The molecule has 0 saturated heterocycles. The molecular weight excluding hydrogens is 305 g/mol. The molecular formula is C13H19ClFNO3S. The third-order valence-corrected chi connectivity index (χ3v) is 4.67. The fraction of sp³-hybridized carbons (Fsp3) is 0.538. The second-order valence-electron chi connectivity index (χ2n) is 4.97. The van der Waals surface area contributed by atoms with Gasteiger partial charge in [-0.3, -0.25) is 0 Å². The molecule has 0 heterocycles. The Morgan fingerprint density at radius 2 is 2.05 bits per heavy atom. The summed E-state index contributed by atoms with van der Waals surface area (Å²) in [5.41, 5.74) is 0.0502. The van der Waals surface area contributed by atoms with E-state index in [1.165, 1.54) is 6.07 Å². The molecule has 0 aliphatic carbocycles. The maximum absolute atomic E-state index is 13.5. The van der Waals surface area contributed by atoms with E-state index >= 15 is 0 Å². The van der Waals surface area contributed by atoms with Crippen molar-refractivity contribution in [1.82, 2.24) is 4.72 Å². The van der Waals surface area contributed by atoms with E-state index in [0.717, 1.165) is 12.5 Å². The molecule has 1 aromatic carbocycles. The predicted octanol–water partition coefficient (Wildman–Crippen LogP) is 2.69. The minimum Gasteiger partial charge on any atom is -0.392 e. The van der Waals surface area contributed by atoms with Crippen LogP contribution in [-0.4, -0.2) is 20.1 Å². The smallest absolute Gasteiger partial charge is 0.240 e. The van der Waals surface area contributed by atoms with E-state index in [0.29, 0.717) is 18.9 Å². The van der Waals surface area contributed by atoms with Crippen LogP contribution in [0.3, 0.4) is 0 Å². The lowest BCUT2D eigenvalue weighted by Crippen LogP contribution is -2.25. The van der Waals surface area contributed by atoms with Crippen molar-refractivity contribution in [3.63, 3.8) is 0 Å². The van der Waals surface area contributed by atoms with Gasteiger partial charge in [-0.05, 0) is 30.9 Å². The third kappa shape index (κ3) is 4.70. The largest absolute Gasteiger partial charge is 0.392 e. The maximum Gasteiger partial charge on any atom is 0.240 e. The first-order chi connectivity index (χ1) is 9.27. The molecule has 0 aliphatic rings. The summed E-state index contributed by atoms with van der Waals surface area (Å²) in [7, 11) is -3.79. The summed E-state index contributed by atoms with van der Waals surface area (Å²) in [5, 5.41) is 8.78. The van der Waals surface area contributed by atoms with E-state index in [1.54, 1.807) is 0 Å². The first-order valence-corrected chi connectivity index (χ1v) is 8.22. The molecule has 114 valence electrons. The summed E-state index contributed by atoms with van der Waals surface area (Å²) < 4.78 is 39.9. The second-order valence-corrected chi connectivity index (χ2v) is 7.12. The van der Waals surface area contributed by atoms with Crippen LogP contribution < -0.4 is 4.72 Å². The third-order valence-electron chi connectivity index (χ3n) is 2.81. The van der Waals surface area contributed by atoms with Gasteiger partial charge in [0.15, 0.2) is 0 Å². The minimum atomic E-state index is -3.79. The van der Waals surface area contributed by atoms with Gasteiger partial charge in [0.25, 0.3) is 0 Å². The highest BCUT2D eigenvalue weighted by Gasteiger charge is 2.18. The van der Waals surface area contributed by atoms with Gasteiger partial charge >= 0.3 is 0 Å². The van der Waals surface area contributed by atoms with Crippen molar-refractivity contribution in [2.45, 2.75) is 38.2 Å². The molecule has 2 N–H and O–H groups in total. The Morgan fingerprint density at radius 3 is 2.60 bits per heavy atom. The Bertz CT molecular complexity index is 561. The van der Waals surface area contributed by atoms with Crippen LogP contribution in [0.25, 0.3) is 0 Å². The molecule has 20 heavy (non-hydrogen) atoms. The molecule has 0 amide bonds. The van der Waals surface area contributed by atoms with Crippen LogP contribution in [0, 0.1) is 11.7 Å². The first kappa shape index (κ1) is 17.4. The van der Waals surface area contributed by atoms with Crippen LogP contribution in [0.1, 0.15) is 32.3 Å². The fourth-order valence-electron chi connectivity index (χ4n) is 1.69. The predicted molar refractivity (Wildman–Crippen MR) is 76.6 cm³/mol. The van der Waals surface area contributed by atoms with Gasteiger partial charge in [0.2, 0.25) is 10.0 Å². The van der Waals surface area contributed by atoms with Crippen molar-refractivity contribution >= 4 is 21.6 Å². The Kier molecular flexibility index (Phi) is 6.39. The van der Waals surface area contributed by atoms with Gasteiger partial charge in [0, 0.05) is 12.1 Å². The van der Waals surface area contributed by atoms with Crippen molar-refractivity contribution in [2.75, 3.05) is 6.54 Å². The summed E-state index contributed by atoms with van der Waals surface area (Å²) in [6.07, 6.45) is 1.61. The number of hydrogen-bond donors (Lipinski definition) is 2. The molecule has 0 bridgehead atoms. The van der Waals surface area contributed by atoms with E-state index in [1.807, 2.05) is 0 Å². The Hall–Kier alpha value is -0.690. The lowest BCUT2D eigenvalue weighted by atomic mass is 10.1. The average Bonchev–Trinajstić information content (AvgIpc) is 2.37. The standard InChI is InChI=1S/C13H19ClFNO3S/c1-9(2)4-3-5-16-20(18,19)11-6-10(8-17)13(14)12(15)7-11/h6-7,9,16-17H,3-5,8H2,1-2H3. The molecule has 0 atom stereocenters. The van der Waals surface area contributed by atoms with Crippen LogP contribution in [0.4, 0.5) is 4.39 Å². The molecule has 0 spiro atoms. The molecule has 0 unspecified atom stereocenters. The Balaban J connectivity index is 2.85. The molecule has 1 aromatic rings. The molecule has 0 aliphatic heterocycles. The highest BCUT2D eigenvalue weighted by atomic mass is 35.5. The summed E-state index contributed by atoms with van der Waals surface area (Å²) >= 11 is 5.63. The zero-order chi connectivity index (χ0) is 15.3. The van der Waals surface area contributed by atoms with Gasteiger partial charge in [-0.25, -0.2) is 17.5 Å². The van der Waals surface area contributed by atoms with E-state index in [4.69, 9.17) is 16.7 Å². The summed E-state index contributed by atoms with van der Waals surface area (Å²) in [4.78, 5) is -0.229. The number of sulfonamides is 1. The zero-order valence-corrected chi connectivity index (χ0v) is 13.1. The second kappa shape index (κ2) is 7.36. The molecule has 4 nitrogen and oxygen atoms in total.